The fraction of sp³-hybridized carbons (Fsp3) is 0.364. The Kier molecular flexibility index (Phi) is 2.60. The van der Waals surface area contributed by atoms with Crippen LogP contribution in [-0.2, 0) is 11.2 Å². The minimum atomic E-state index is -0.789. The van der Waals surface area contributed by atoms with Crippen LogP contribution in [-0.4, -0.2) is 26.0 Å². The average molecular weight is 219 g/mol. The Balaban J connectivity index is 2.35. The Labute approximate surface area is 92.5 Å². The average Bonchev–Trinajstić information content (AvgIpc) is 2.60. The second-order valence-corrected chi connectivity index (χ2v) is 3.94. The summed E-state index contributed by atoms with van der Waals surface area (Å²) in [4.78, 5) is 22.2. The molecule has 0 spiro atoms. The third kappa shape index (κ3) is 1.88. The highest BCUT2D eigenvalue weighted by Crippen LogP contribution is 2.18. The van der Waals surface area contributed by atoms with Crippen molar-refractivity contribution in [1.29, 1.82) is 0 Å². The van der Waals surface area contributed by atoms with Crippen LogP contribution in [0.2, 0.25) is 0 Å². The van der Waals surface area contributed by atoms with Gasteiger partial charge in [0, 0.05) is 17.8 Å². The number of hydrogen-bond donors (Lipinski definition) is 2. The highest BCUT2D eigenvalue weighted by atomic mass is 16.4. The zero-order valence-corrected chi connectivity index (χ0v) is 9.19. The molecule has 5 nitrogen and oxygen atoms in total. The van der Waals surface area contributed by atoms with Crippen molar-refractivity contribution in [2.75, 3.05) is 0 Å². The van der Waals surface area contributed by atoms with Crippen molar-refractivity contribution < 1.29 is 9.90 Å². The van der Waals surface area contributed by atoms with E-state index in [1.807, 2.05) is 6.92 Å². The maximum absolute atomic E-state index is 10.8. The molecule has 2 N–H and O–H groups in total. The number of aromatic nitrogens is 3. The van der Waals surface area contributed by atoms with Crippen LogP contribution < -0.4 is 0 Å². The van der Waals surface area contributed by atoms with Crippen LogP contribution in [0.5, 0.6) is 0 Å². The Hall–Kier alpha value is -1.91. The summed E-state index contributed by atoms with van der Waals surface area (Å²) < 4.78 is 0. The first-order chi connectivity index (χ1) is 7.58. The van der Waals surface area contributed by atoms with Gasteiger partial charge in [0.1, 0.15) is 11.5 Å². The number of aryl methyl sites for hydroxylation is 1. The SMILES string of the molecule is Cc1ncc2c(CC(C)C(=O)O)c[nH]c2n1. The quantitative estimate of drug-likeness (QED) is 0.820. The molecule has 2 heterocycles. The first-order valence-electron chi connectivity index (χ1n) is 5.10. The number of nitrogens with one attached hydrogen (secondary N) is 1. The van der Waals surface area contributed by atoms with Crippen LogP contribution in [0.1, 0.15) is 18.3 Å². The Morgan fingerprint density at radius 1 is 1.62 bits per heavy atom. The first-order valence-corrected chi connectivity index (χ1v) is 5.10. The number of H-pyrrole nitrogens is 1. The van der Waals surface area contributed by atoms with Gasteiger partial charge in [-0.25, -0.2) is 9.97 Å². The Morgan fingerprint density at radius 3 is 3.06 bits per heavy atom. The number of rotatable bonds is 3. The molecule has 0 saturated heterocycles. The minimum absolute atomic E-state index is 0.402. The van der Waals surface area contributed by atoms with Gasteiger partial charge < -0.3 is 10.1 Å². The summed E-state index contributed by atoms with van der Waals surface area (Å²) in [6.07, 6.45) is 4.03. The van der Waals surface area contributed by atoms with E-state index >= 15 is 0 Å². The van der Waals surface area contributed by atoms with Gasteiger partial charge in [0.05, 0.1) is 5.92 Å². The predicted molar refractivity (Wildman–Crippen MR) is 59.1 cm³/mol. The van der Waals surface area contributed by atoms with Crippen LogP contribution in [0.25, 0.3) is 11.0 Å². The molecule has 0 aliphatic rings. The molecule has 0 radical (unpaired) electrons. The molecule has 0 saturated carbocycles. The lowest BCUT2D eigenvalue weighted by molar-refractivity contribution is -0.141. The standard InChI is InChI=1S/C11H13N3O2/c1-6(11(15)16)3-8-4-13-10-9(8)5-12-7(2)14-10/h4-6H,3H2,1-2H3,(H,15,16)(H,12,13,14). The largest absolute Gasteiger partial charge is 0.481 e. The van der Waals surface area contributed by atoms with Crippen LogP contribution in [0.15, 0.2) is 12.4 Å². The molecule has 1 unspecified atom stereocenters. The molecule has 84 valence electrons. The molecule has 5 heteroatoms. The van der Waals surface area contributed by atoms with E-state index in [2.05, 4.69) is 15.0 Å². The molecule has 1 atom stereocenters. The summed E-state index contributed by atoms with van der Waals surface area (Å²) in [6, 6.07) is 0. The van der Waals surface area contributed by atoms with E-state index in [-0.39, 0.29) is 0 Å². The predicted octanol–water partition coefficient (Wildman–Crippen LogP) is 1.53. The molecule has 0 aromatic carbocycles. The topological polar surface area (TPSA) is 78.9 Å². The monoisotopic (exact) mass is 219 g/mol. The number of carbonyl (C=O) groups is 1. The molecule has 2 aromatic rings. The lowest BCUT2D eigenvalue weighted by atomic mass is 10.0. The minimum Gasteiger partial charge on any atom is -0.481 e. The molecule has 2 aromatic heterocycles. The second kappa shape index (κ2) is 3.92. The molecule has 0 bridgehead atoms. The number of carboxylic acid groups (broad SMARTS) is 1. The van der Waals surface area contributed by atoms with Crippen molar-refractivity contribution in [3.63, 3.8) is 0 Å². The number of nitrogens with zero attached hydrogens (tertiary/aromatic N) is 2. The van der Waals surface area contributed by atoms with E-state index in [0.29, 0.717) is 12.2 Å². The van der Waals surface area contributed by atoms with E-state index < -0.39 is 11.9 Å². The third-order valence-corrected chi connectivity index (χ3v) is 2.59. The molecule has 0 aliphatic carbocycles. The van der Waals surface area contributed by atoms with Crippen LogP contribution >= 0.6 is 0 Å². The van der Waals surface area contributed by atoms with Crippen molar-refractivity contribution in [2.45, 2.75) is 20.3 Å². The van der Waals surface area contributed by atoms with Gasteiger partial charge in [0.2, 0.25) is 0 Å². The number of fused-ring (bicyclic) bond motifs is 1. The van der Waals surface area contributed by atoms with Crippen molar-refractivity contribution in [3.8, 4) is 0 Å². The van der Waals surface area contributed by atoms with Gasteiger partial charge in [-0.2, -0.15) is 0 Å². The van der Waals surface area contributed by atoms with Gasteiger partial charge in [-0.05, 0) is 18.9 Å². The zero-order chi connectivity index (χ0) is 11.7. The Morgan fingerprint density at radius 2 is 2.38 bits per heavy atom. The molecular weight excluding hydrogens is 206 g/mol. The third-order valence-electron chi connectivity index (χ3n) is 2.59. The fourth-order valence-electron chi connectivity index (χ4n) is 1.63. The van der Waals surface area contributed by atoms with Gasteiger partial charge in [0.25, 0.3) is 0 Å². The normalized spacial score (nSPS) is 12.9. The summed E-state index contributed by atoms with van der Waals surface area (Å²) in [6.45, 7) is 3.51. The van der Waals surface area contributed by atoms with Crippen molar-refractivity contribution in [1.82, 2.24) is 15.0 Å². The van der Waals surface area contributed by atoms with E-state index in [4.69, 9.17) is 5.11 Å². The van der Waals surface area contributed by atoms with Crippen molar-refractivity contribution >= 4 is 17.0 Å². The molecule has 16 heavy (non-hydrogen) atoms. The zero-order valence-electron chi connectivity index (χ0n) is 9.19. The molecular formula is C11H13N3O2. The molecule has 2 rings (SSSR count). The highest BCUT2D eigenvalue weighted by Gasteiger charge is 2.14. The lowest BCUT2D eigenvalue weighted by Crippen LogP contribution is -2.11. The molecule has 0 aliphatic heterocycles. The second-order valence-electron chi connectivity index (χ2n) is 3.94. The summed E-state index contributed by atoms with van der Waals surface area (Å²) in [5.41, 5.74) is 1.71. The van der Waals surface area contributed by atoms with Crippen LogP contribution in [0.4, 0.5) is 0 Å². The molecule has 0 fully saturated rings. The van der Waals surface area contributed by atoms with Crippen molar-refractivity contribution in [3.05, 3.63) is 23.8 Å². The van der Waals surface area contributed by atoms with Gasteiger partial charge >= 0.3 is 5.97 Å². The first kappa shape index (κ1) is 10.6. The summed E-state index contributed by atoms with van der Waals surface area (Å²) in [7, 11) is 0. The van der Waals surface area contributed by atoms with Crippen LogP contribution in [0.3, 0.4) is 0 Å². The van der Waals surface area contributed by atoms with E-state index in [0.717, 1.165) is 16.6 Å². The Bertz CT molecular complexity index is 533. The summed E-state index contributed by atoms with van der Waals surface area (Å²) >= 11 is 0. The van der Waals surface area contributed by atoms with Gasteiger partial charge in [-0.15, -0.1) is 0 Å². The van der Waals surface area contributed by atoms with E-state index in [1.54, 1.807) is 19.3 Å². The molecule has 0 amide bonds. The number of hydrogen-bond acceptors (Lipinski definition) is 3. The maximum Gasteiger partial charge on any atom is 0.306 e. The van der Waals surface area contributed by atoms with Crippen LogP contribution in [0, 0.1) is 12.8 Å². The number of aliphatic carboxylic acids is 1. The highest BCUT2D eigenvalue weighted by molar-refractivity contribution is 5.80. The maximum atomic E-state index is 10.8. The summed E-state index contributed by atoms with van der Waals surface area (Å²) in [5, 5.41) is 9.76. The van der Waals surface area contributed by atoms with E-state index in [9.17, 15) is 4.79 Å². The number of aromatic amines is 1. The van der Waals surface area contributed by atoms with Gasteiger partial charge in [0.15, 0.2) is 0 Å². The smallest absolute Gasteiger partial charge is 0.306 e. The fourth-order valence-corrected chi connectivity index (χ4v) is 1.63. The van der Waals surface area contributed by atoms with Gasteiger partial charge in [-0.1, -0.05) is 6.92 Å². The van der Waals surface area contributed by atoms with Crippen molar-refractivity contribution in [2.24, 2.45) is 5.92 Å². The van der Waals surface area contributed by atoms with Gasteiger partial charge in [-0.3, -0.25) is 4.79 Å². The summed E-state index contributed by atoms with van der Waals surface area (Å²) in [5.74, 6) is -0.491. The number of carboxylic acids is 1. The van der Waals surface area contributed by atoms with E-state index in [1.165, 1.54) is 0 Å². The lowest BCUT2D eigenvalue weighted by Gasteiger charge is -2.03.